The van der Waals surface area contributed by atoms with Crippen LogP contribution >= 0.6 is 0 Å². The van der Waals surface area contributed by atoms with Crippen molar-refractivity contribution in [2.24, 2.45) is 41.2 Å². The average Bonchev–Trinajstić information content (AvgIpc) is 2.88. The van der Waals surface area contributed by atoms with E-state index in [9.17, 15) is 24.3 Å². The lowest BCUT2D eigenvalue weighted by Gasteiger charge is -2.32. The SMILES string of the molecule is CC(C)C(C)OC(=O)OC(C)C(C)C(c1ccc(OC(=O)C(C)C(C)C)c(OC(=O)C(C)C(C)C)c1)[C@H](N)C(=O)O. The van der Waals surface area contributed by atoms with E-state index in [2.05, 4.69) is 0 Å². The molecule has 10 heteroatoms. The lowest BCUT2D eigenvalue weighted by atomic mass is 9.79. The first-order valence-corrected chi connectivity index (χ1v) is 14.3. The van der Waals surface area contributed by atoms with Crippen LogP contribution in [-0.4, -0.2) is 47.4 Å². The van der Waals surface area contributed by atoms with Crippen molar-refractivity contribution >= 4 is 24.1 Å². The zero-order chi connectivity index (χ0) is 31.8. The molecule has 0 aromatic heterocycles. The Balaban J connectivity index is 3.51. The first kappa shape index (κ1) is 35.9. The molecule has 41 heavy (non-hydrogen) atoms. The monoisotopic (exact) mass is 579 g/mol. The summed E-state index contributed by atoms with van der Waals surface area (Å²) in [5.41, 5.74) is 6.56. The number of rotatable bonds is 14. The molecule has 0 aliphatic rings. The number of carboxylic acid groups (broad SMARTS) is 1. The minimum atomic E-state index is -1.39. The normalized spacial score (nSPS) is 16.8. The van der Waals surface area contributed by atoms with Crippen molar-refractivity contribution < 1.29 is 43.2 Å². The number of benzene rings is 1. The number of nitrogens with two attached hydrogens (primary N) is 1. The van der Waals surface area contributed by atoms with Gasteiger partial charge >= 0.3 is 24.1 Å². The summed E-state index contributed by atoms with van der Waals surface area (Å²) < 4.78 is 22.1. The van der Waals surface area contributed by atoms with Gasteiger partial charge in [-0.1, -0.05) is 68.4 Å². The highest BCUT2D eigenvalue weighted by molar-refractivity contribution is 5.79. The van der Waals surface area contributed by atoms with Crippen LogP contribution in [0.4, 0.5) is 4.79 Å². The van der Waals surface area contributed by atoms with Gasteiger partial charge in [-0.2, -0.15) is 0 Å². The molecule has 0 radical (unpaired) electrons. The highest BCUT2D eigenvalue weighted by Crippen LogP contribution is 2.38. The van der Waals surface area contributed by atoms with Crippen LogP contribution in [0.2, 0.25) is 0 Å². The Labute approximate surface area is 244 Å². The summed E-state index contributed by atoms with van der Waals surface area (Å²) in [5.74, 6) is -4.56. The standard InChI is InChI=1S/C31H49NO9/c1-15(2)18(7)29(35)40-24-13-12-23(14-25(24)41-30(36)19(8)16(3)4)26(27(32)28(33)34)20(9)22(11)39-31(37)38-21(10)17(5)6/h12-22,26-27H,32H2,1-11H3,(H,33,34)/t18?,19?,20?,21?,22?,26?,27-/m0/s1. The molecule has 10 nitrogen and oxygen atoms in total. The first-order valence-electron chi connectivity index (χ1n) is 14.3. The third kappa shape index (κ3) is 10.3. The summed E-state index contributed by atoms with van der Waals surface area (Å²) >= 11 is 0. The molecule has 0 saturated heterocycles. The number of hydrogen-bond acceptors (Lipinski definition) is 9. The lowest BCUT2D eigenvalue weighted by molar-refractivity contribution is -0.142. The second-order valence-electron chi connectivity index (χ2n) is 12.0. The van der Waals surface area contributed by atoms with Crippen molar-refractivity contribution in [2.45, 2.75) is 100 Å². The summed E-state index contributed by atoms with van der Waals surface area (Å²) in [6, 6.07) is 3.10. The van der Waals surface area contributed by atoms with Gasteiger partial charge in [0, 0.05) is 11.8 Å². The zero-order valence-corrected chi connectivity index (χ0v) is 26.3. The molecule has 0 fully saturated rings. The quantitative estimate of drug-likeness (QED) is 0.204. The van der Waals surface area contributed by atoms with Crippen LogP contribution in [0.25, 0.3) is 0 Å². The van der Waals surface area contributed by atoms with Gasteiger partial charge in [-0.05, 0) is 49.3 Å². The van der Waals surface area contributed by atoms with Gasteiger partial charge in [0.15, 0.2) is 11.5 Å². The van der Waals surface area contributed by atoms with Gasteiger partial charge in [0.25, 0.3) is 0 Å². The summed E-state index contributed by atoms with van der Waals surface area (Å²) in [7, 11) is 0. The van der Waals surface area contributed by atoms with E-state index in [1.165, 1.54) is 12.1 Å². The summed E-state index contributed by atoms with van der Waals surface area (Å²) in [6.45, 7) is 19.9. The maximum atomic E-state index is 12.9. The average molecular weight is 580 g/mol. The first-order chi connectivity index (χ1) is 18.9. The Bertz CT molecular complexity index is 1050. The van der Waals surface area contributed by atoms with Crippen molar-refractivity contribution in [2.75, 3.05) is 0 Å². The van der Waals surface area contributed by atoms with Gasteiger partial charge in [0.1, 0.15) is 18.2 Å². The third-order valence-electron chi connectivity index (χ3n) is 8.00. The Morgan fingerprint density at radius 3 is 1.59 bits per heavy atom. The molecule has 232 valence electrons. The molecular formula is C31H49NO9. The predicted molar refractivity (Wildman–Crippen MR) is 155 cm³/mol. The maximum Gasteiger partial charge on any atom is 0.508 e. The molecule has 1 aromatic rings. The van der Waals surface area contributed by atoms with Crippen LogP contribution < -0.4 is 15.2 Å². The minimum Gasteiger partial charge on any atom is -0.480 e. The molecule has 1 aromatic carbocycles. The number of ether oxygens (including phenoxy) is 4. The number of carbonyl (C=O) groups is 4. The number of carbonyl (C=O) groups excluding carboxylic acids is 3. The summed E-state index contributed by atoms with van der Waals surface area (Å²) in [4.78, 5) is 50.1. The molecule has 0 heterocycles. The van der Waals surface area contributed by atoms with Crippen LogP contribution in [-0.2, 0) is 23.9 Å². The van der Waals surface area contributed by atoms with Crippen LogP contribution in [0.3, 0.4) is 0 Å². The van der Waals surface area contributed by atoms with Gasteiger partial charge < -0.3 is 29.8 Å². The maximum absolute atomic E-state index is 12.9. The molecule has 0 saturated carbocycles. The summed E-state index contributed by atoms with van der Waals surface area (Å²) in [6.07, 6.45) is -2.03. The Morgan fingerprint density at radius 2 is 1.15 bits per heavy atom. The van der Waals surface area contributed by atoms with Gasteiger partial charge in [-0.25, -0.2) is 4.79 Å². The van der Waals surface area contributed by atoms with Gasteiger partial charge in [-0.3, -0.25) is 14.4 Å². The van der Waals surface area contributed by atoms with Crippen LogP contribution in [0.15, 0.2) is 18.2 Å². The van der Waals surface area contributed by atoms with E-state index in [1.807, 2.05) is 41.5 Å². The van der Waals surface area contributed by atoms with E-state index in [0.29, 0.717) is 5.56 Å². The van der Waals surface area contributed by atoms with Gasteiger partial charge in [0.05, 0.1) is 11.8 Å². The molecule has 3 N–H and O–H groups in total. The van der Waals surface area contributed by atoms with Crippen molar-refractivity contribution in [3.05, 3.63) is 23.8 Å². The van der Waals surface area contributed by atoms with Crippen molar-refractivity contribution in [3.8, 4) is 11.5 Å². The van der Waals surface area contributed by atoms with E-state index in [-0.39, 0.29) is 35.4 Å². The van der Waals surface area contributed by atoms with E-state index < -0.39 is 59.9 Å². The topological polar surface area (TPSA) is 151 Å². The zero-order valence-electron chi connectivity index (χ0n) is 26.3. The third-order valence-corrected chi connectivity index (χ3v) is 8.00. The second-order valence-corrected chi connectivity index (χ2v) is 12.0. The van der Waals surface area contributed by atoms with Crippen molar-refractivity contribution in [1.29, 1.82) is 0 Å². The van der Waals surface area contributed by atoms with E-state index >= 15 is 0 Å². The number of hydrogen-bond donors (Lipinski definition) is 2. The van der Waals surface area contributed by atoms with E-state index in [0.717, 1.165) is 0 Å². The molecule has 6 unspecified atom stereocenters. The van der Waals surface area contributed by atoms with Crippen LogP contribution in [0, 0.1) is 35.5 Å². The molecule has 0 aliphatic carbocycles. The second kappa shape index (κ2) is 15.7. The fraction of sp³-hybridized carbons (Fsp3) is 0.677. The van der Waals surface area contributed by atoms with E-state index in [1.54, 1.807) is 40.7 Å². The molecule has 0 aliphatic heterocycles. The van der Waals surface area contributed by atoms with E-state index in [4.69, 9.17) is 24.7 Å². The number of carboxylic acids is 1. The number of esters is 2. The molecular weight excluding hydrogens is 530 g/mol. The van der Waals surface area contributed by atoms with Gasteiger partial charge in [0.2, 0.25) is 0 Å². The fourth-order valence-electron chi connectivity index (χ4n) is 3.70. The Hall–Kier alpha value is -3.14. The fourth-order valence-corrected chi connectivity index (χ4v) is 3.70. The Morgan fingerprint density at radius 1 is 0.683 bits per heavy atom. The molecule has 0 spiro atoms. The Kier molecular flexibility index (Phi) is 13.8. The minimum absolute atomic E-state index is 0.0120. The summed E-state index contributed by atoms with van der Waals surface area (Å²) in [5, 5.41) is 9.83. The highest BCUT2D eigenvalue weighted by atomic mass is 16.7. The largest absolute Gasteiger partial charge is 0.508 e. The smallest absolute Gasteiger partial charge is 0.480 e. The molecule has 0 bridgehead atoms. The van der Waals surface area contributed by atoms with Crippen molar-refractivity contribution in [3.63, 3.8) is 0 Å². The molecule has 0 amide bonds. The number of aliphatic carboxylic acids is 1. The molecule has 1 rings (SSSR count). The van der Waals surface area contributed by atoms with Crippen molar-refractivity contribution in [1.82, 2.24) is 0 Å². The molecule has 7 atom stereocenters. The lowest BCUT2D eigenvalue weighted by Crippen LogP contribution is -2.43. The van der Waals surface area contributed by atoms with Gasteiger partial charge in [-0.15, -0.1) is 0 Å². The van der Waals surface area contributed by atoms with Crippen LogP contribution in [0.1, 0.15) is 87.6 Å². The highest BCUT2D eigenvalue weighted by Gasteiger charge is 2.36. The van der Waals surface area contributed by atoms with Crippen LogP contribution in [0.5, 0.6) is 11.5 Å². The predicted octanol–water partition coefficient (Wildman–Crippen LogP) is 5.80.